The molecule has 2 aromatic carbocycles. The van der Waals surface area contributed by atoms with E-state index in [2.05, 4.69) is 12.8 Å². The average Bonchev–Trinajstić information content (AvgIpc) is 2.61. The number of carbonyl (C=O) groups is 1. The molecule has 0 bridgehead atoms. The second-order valence-electron chi connectivity index (χ2n) is 5.65. The number of rotatable bonds is 8. The second kappa shape index (κ2) is 9.92. The Morgan fingerprint density at radius 1 is 1.26 bits per heavy atom. The molecule has 9 heteroatoms. The van der Waals surface area contributed by atoms with E-state index in [0.29, 0.717) is 17.9 Å². The van der Waals surface area contributed by atoms with Crippen molar-refractivity contribution in [3.63, 3.8) is 0 Å². The summed E-state index contributed by atoms with van der Waals surface area (Å²) in [7, 11) is 0. The van der Waals surface area contributed by atoms with Gasteiger partial charge in [0.25, 0.3) is 0 Å². The Kier molecular flexibility index (Phi) is 7.89. The third-order valence-electron chi connectivity index (χ3n) is 3.54. The molecule has 0 fully saturated rings. The molecule has 2 N–H and O–H groups in total. The minimum Gasteiger partial charge on any atom is -0.455 e. The van der Waals surface area contributed by atoms with Gasteiger partial charge >= 0.3 is 6.03 Å². The van der Waals surface area contributed by atoms with Crippen LogP contribution in [0.2, 0.25) is 10.0 Å². The average molecular weight is 433 g/mol. The summed E-state index contributed by atoms with van der Waals surface area (Å²) in [4.78, 5) is 11.3. The zero-order chi connectivity index (χ0) is 20.0. The number of amides is 2. The van der Waals surface area contributed by atoms with Crippen LogP contribution < -0.4 is 19.5 Å². The van der Waals surface area contributed by atoms with Crippen molar-refractivity contribution >= 4 is 47.7 Å². The van der Waals surface area contributed by atoms with Gasteiger partial charge in [-0.25, -0.2) is 13.5 Å². The molecule has 146 valence electrons. The van der Waals surface area contributed by atoms with Crippen molar-refractivity contribution < 1.29 is 18.7 Å². The van der Waals surface area contributed by atoms with E-state index in [1.165, 1.54) is 0 Å². The molecule has 0 radical (unpaired) electrons. The van der Waals surface area contributed by atoms with Gasteiger partial charge in [0.2, 0.25) is 6.29 Å². The van der Waals surface area contributed by atoms with E-state index in [-0.39, 0.29) is 15.8 Å². The Morgan fingerprint density at radius 3 is 2.52 bits per heavy atom. The molecule has 27 heavy (non-hydrogen) atoms. The highest BCUT2D eigenvalue weighted by atomic mass is 35.5. The summed E-state index contributed by atoms with van der Waals surface area (Å²) < 4.78 is 26.1. The lowest BCUT2D eigenvalue weighted by molar-refractivity contribution is -0.00199. The van der Waals surface area contributed by atoms with Crippen molar-refractivity contribution in [3.05, 3.63) is 52.3 Å². The van der Waals surface area contributed by atoms with Gasteiger partial charge in [-0.2, -0.15) is 0 Å². The molecule has 0 saturated heterocycles. The van der Waals surface area contributed by atoms with Gasteiger partial charge in [-0.1, -0.05) is 55.4 Å². The molecule has 0 aliphatic carbocycles. The number of carbonyl (C=O) groups excluding carboxylic acids is 1. The van der Waals surface area contributed by atoms with Gasteiger partial charge in [-0.3, -0.25) is 0 Å². The second-order valence-corrected chi connectivity index (χ2v) is 6.87. The van der Waals surface area contributed by atoms with Crippen LogP contribution in [0, 0.1) is 5.82 Å². The van der Waals surface area contributed by atoms with E-state index in [4.69, 9.17) is 38.4 Å². The van der Waals surface area contributed by atoms with Crippen LogP contribution in [0.15, 0.2) is 36.4 Å². The maximum Gasteiger partial charge on any atom is 0.329 e. The maximum absolute atomic E-state index is 13.4. The molecule has 0 aliphatic heterocycles. The quantitative estimate of drug-likeness (QED) is 0.406. The smallest absolute Gasteiger partial charge is 0.329 e. The molecule has 2 aromatic rings. The molecule has 5 nitrogen and oxygen atoms in total. The zero-order valence-corrected chi connectivity index (χ0v) is 16.9. The number of benzene rings is 2. The fourth-order valence-corrected chi connectivity index (χ4v) is 2.93. The van der Waals surface area contributed by atoms with Crippen molar-refractivity contribution in [2.75, 3.05) is 4.31 Å². The van der Waals surface area contributed by atoms with E-state index in [0.717, 1.165) is 29.3 Å². The lowest BCUT2D eigenvalue weighted by Crippen LogP contribution is -2.27. The summed E-state index contributed by atoms with van der Waals surface area (Å²) >= 11 is 16.1. The topological polar surface area (TPSA) is 64.8 Å². The Morgan fingerprint density at radius 2 is 1.93 bits per heavy atom. The third-order valence-corrected chi connectivity index (χ3v) is 4.53. The highest BCUT2D eigenvalue weighted by Gasteiger charge is 2.18. The molecule has 2 rings (SSSR count). The lowest BCUT2D eigenvalue weighted by atomic mass is 10.2. The first-order valence-electron chi connectivity index (χ1n) is 8.18. The summed E-state index contributed by atoms with van der Waals surface area (Å²) in [5.41, 5.74) is 5.66. The van der Waals surface area contributed by atoms with E-state index in [1.807, 2.05) is 6.92 Å². The van der Waals surface area contributed by atoms with Crippen molar-refractivity contribution in [3.8, 4) is 11.5 Å². The molecule has 0 aromatic heterocycles. The number of hydrogen-bond acceptors (Lipinski definition) is 4. The van der Waals surface area contributed by atoms with Crippen LogP contribution in [-0.2, 0) is 0 Å². The normalized spacial score (nSPS) is 11.7. The monoisotopic (exact) mass is 432 g/mol. The molecular weight excluding hydrogens is 414 g/mol. The highest BCUT2D eigenvalue weighted by molar-refractivity contribution is 7.82. The number of hydrogen-bond donors (Lipinski definition) is 2. The standard InChI is InChI=1S/C18H19Cl2FN2O3S/c1-2-3-7-16(26-17-14(19)8-11(21)9-15(17)20)25-13-6-4-5-12(10-13)23(27)18(22)24/h4-6,8-10,16,27H,2-3,7H2,1H3,(H2,22,24). The Balaban J connectivity index is 2.22. The number of halogens is 3. The van der Waals surface area contributed by atoms with Crippen molar-refractivity contribution in [1.82, 2.24) is 0 Å². The summed E-state index contributed by atoms with van der Waals surface area (Å²) in [5, 5.41) is 0.100. The number of urea groups is 1. The number of nitrogens with two attached hydrogens (primary N) is 1. The number of thiol groups is 1. The van der Waals surface area contributed by atoms with E-state index in [1.54, 1.807) is 24.3 Å². The Hall–Kier alpha value is -1.83. The van der Waals surface area contributed by atoms with Gasteiger partial charge < -0.3 is 15.2 Å². The van der Waals surface area contributed by atoms with Crippen LogP contribution in [-0.4, -0.2) is 12.3 Å². The van der Waals surface area contributed by atoms with Crippen LogP contribution >= 0.6 is 36.0 Å². The van der Waals surface area contributed by atoms with E-state index in [9.17, 15) is 9.18 Å². The number of unbranched alkanes of at least 4 members (excludes halogenated alkanes) is 1. The summed E-state index contributed by atoms with van der Waals surface area (Å²) in [6.45, 7) is 2.03. The predicted octanol–water partition coefficient (Wildman–Crippen LogP) is 5.84. The minimum atomic E-state index is -0.723. The van der Waals surface area contributed by atoms with Gasteiger partial charge in [-0.05, 0) is 30.7 Å². The van der Waals surface area contributed by atoms with Crippen molar-refractivity contribution in [1.29, 1.82) is 0 Å². The molecule has 1 atom stereocenters. The van der Waals surface area contributed by atoms with Crippen LogP contribution in [0.25, 0.3) is 0 Å². The largest absolute Gasteiger partial charge is 0.455 e. The number of anilines is 1. The first-order chi connectivity index (χ1) is 12.8. The summed E-state index contributed by atoms with van der Waals surface area (Å²) in [6, 6.07) is 8.14. The van der Waals surface area contributed by atoms with Gasteiger partial charge in [-0.15, -0.1) is 0 Å². The van der Waals surface area contributed by atoms with Crippen molar-refractivity contribution in [2.24, 2.45) is 5.73 Å². The SMILES string of the molecule is CCCCC(Oc1cccc(N(S)C(N)=O)c1)Oc1c(Cl)cc(F)cc1Cl. The van der Waals surface area contributed by atoms with Gasteiger partial charge in [0.05, 0.1) is 15.7 Å². The minimum absolute atomic E-state index is 0.0501. The van der Waals surface area contributed by atoms with Gasteiger partial charge in [0.1, 0.15) is 11.6 Å². The van der Waals surface area contributed by atoms with Crippen LogP contribution in [0.4, 0.5) is 14.9 Å². The molecule has 1 unspecified atom stereocenters. The third kappa shape index (κ3) is 6.09. The fourth-order valence-electron chi connectivity index (χ4n) is 2.25. The lowest BCUT2D eigenvalue weighted by Gasteiger charge is -2.22. The highest BCUT2D eigenvalue weighted by Crippen LogP contribution is 2.35. The van der Waals surface area contributed by atoms with E-state index >= 15 is 0 Å². The van der Waals surface area contributed by atoms with E-state index < -0.39 is 18.1 Å². The first-order valence-corrected chi connectivity index (χ1v) is 9.33. The molecule has 0 heterocycles. The number of nitrogens with zero attached hydrogens (tertiary/aromatic N) is 1. The van der Waals surface area contributed by atoms with Gasteiger partial charge in [0, 0.05) is 12.5 Å². The maximum atomic E-state index is 13.4. The summed E-state index contributed by atoms with van der Waals surface area (Å²) in [6.07, 6.45) is 1.56. The van der Waals surface area contributed by atoms with Crippen LogP contribution in [0.3, 0.4) is 0 Å². The first kappa shape index (κ1) is 21.5. The summed E-state index contributed by atoms with van der Waals surface area (Å²) in [5.74, 6) is 0.0182. The molecule has 0 aliphatic rings. The molecule has 0 spiro atoms. The Labute approximate surface area is 172 Å². The molecular formula is C18H19Cl2FN2O3S. The van der Waals surface area contributed by atoms with Crippen LogP contribution in [0.5, 0.6) is 11.5 Å². The molecule has 2 amide bonds. The van der Waals surface area contributed by atoms with Gasteiger partial charge in [0.15, 0.2) is 5.75 Å². The predicted molar refractivity (Wildman–Crippen MR) is 108 cm³/mol. The van der Waals surface area contributed by atoms with Crippen molar-refractivity contribution in [2.45, 2.75) is 32.5 Å². The number of primary amides is 1. The zero-order valence-electron chi connectivity index (χ0n) is 14.5. The molecule has 0 saturated carbocycles. The number of ether oxygens (including phenoxy) is 2. The fraction of sp³-hybridized carbons (Fsp3) is 0.278. The Bertz CT molecular complexity index is 787. The van der Waals surface area contributed by atoms with Crippen LogP contribution in [0.1, 0.15) is 26.2 Å².